The molecule has 2 amide bonds. The quantitative estimate of drug-likeness (QED) is 0.407. The van der Waals surface area contributed by atoms with Gasteiger partial charge in [0.05, 0.1) is 6.20 Å². The summed E-state index contributed by atoms with van der Waals surface area (Å²) in [5.74, 6) is 6.66. The molecular formula is C31H32N6O2. The van der Waals surface area contributed by atoms with Crippen LogP contribution in [0, 0.1) is 11.8 Å². The summed E-state index contributed by atoms with van der Waals surface area (Å²) in [4.78, 5) is 37.4. The maximum atomic E-state index is 13.1. The second kappa shape index (κ2) is 10.7. The Hall–Kier alpha value is -4.48. The van der Waals surface area contributed by atoms with Crippen LogP contribution in [0.5, 0.6) is 0 Å². The molecule has 8 nitrogen and oxygen atoms in total. The van der Waals surface area contributed by atoms with Crippen LogP contribution < -0.4 is 5.32 Å². The Bertz CT molecular complexity index is 1580. The van der Waals surface area contributed by atoms with Crippen molar-refractivity contribution in [2.24, 2.45) is 0 Å². The minimum Gasteiger partial charge on any atom is -0.336 e. The van der Waals surface area contributed by atoms with Gasteiger partial charge in [0.1, 0.15) is 17.2 Å². The fourth-order valence-electron chi connectivity index (χ4n) is 4.71. The largest absolute Gasteiger partial charge is 0.336 e. The Morgan fingerprint density at radius 3 is 2.31 bits per heavy atom. The first-order valence-corrected chi connectivity index (χ1v) is 13.0. The van der Waals surface area contributed by atoms with Crippen molar-refractivity contribution in [1.82, 2.24) is 24.2 Å². The van der Waals surface area contributed by atoms with Gasteiger partial charge in [-0.25, -0.2) is 9.97 Å². The SMILES string of the molecule is CC(=O)Nc1cc(C#Cc2cnc3ccc(-c4ccc(C(=O)N5CCN(C(C)(C)C)CC5)cc4)cn23)ccn1. The number of piperazine rings is 1. The monoisotopic (exact) mass is 520 g/mol. The van der Waals surface area contributed by atoms with E-state index in [-0.39, 0.29) is 17.4 Å². The summed E-state index contributed by atoms with van der Waals surface area (Å²) in [6, 6.07) is 15.3. The molecule has 0 unspecified atom stereocenters. The second-order valence-electron chi connectivity index (χ2n) is 10.7. The zero-order valence-corrected chi connectivity index (χ0v) is 22.7. The van der Waals surface area contributed by atoms with E-state index in [1.807, 2.05) is 51.9 Å². The number of pyridine rings is 2. The van der Waals surface area contributed by atoms with Crippen LogP contribution in [0.15, 0.2) is 67.1 Å². The molecule has 198 valence electrons. The van der Waals surface area contributed by atoms with Gasteiger partial charge in [-0.15, -0.1) is 0 Å². The smallest absolute Gasteiger partial charge is 0.253 e. The molecule has 0 radical (unpaired) electrons. The Kier molecular flexibility index (Phi) is 7.18. The van der Waals surface area contributed by atoms with Gasteiger partial charge < -0.3 is 10.2 Å². The number of fused-ring (bicyclic) bond motifs is 1. The average Bonchev–Trinajstić information content (AvgIpc) is 3.33. The summed E-state index contributed by atoms with van der Waals surface area (Å²) >= 11 is 0. The Morgan fingerprint density at radius 1 is 0.897 bits per heavy atom. The number of rotatable bonds is 3. The zero-order valence-electron chi connectivity index (χ0n) is 22.7. The number of benzene rings is 1. The molecule has 1 saturated heterocycles. The third-order valence-electron chi connectivity index (χ3n) is 6.89. The van der Waals surface area contributed by atoms with Crippen molar-refractivity contribution in [2.45, 2.75) is 33.2 Å². The fraction of sp³-hybridized carbons (Fsp3) is 0.290. The highest BCUT2D eigenvalue weighted by Gasteiger charge is 2.28. The standard InChI is InChI=1S/C31H32N6O2/c1-22(38)34-28-19-23(13-14-32-28)5-11-27-20-33-29-12-10-26(21-37(27)29)24-6-8-25(9-7-24)30(39)35-15-17-36(18-16-35)31(2,3)4/h6-10,12-14,19-21H,15-18H2,1-4H3,(H,32,34,38). The van der Waals surface area contributed by atoms with Gasteiger partial charge in [0.15, 0.2) is 0 Å². The van der Waals surface area contributed by atoms with E-state index in [4.69, 9.17) is 0 Å². The van der Waals surface area contributed by atoms with Crippen molar-refractivity contribution >= 4 is 23.3 Å². The maximum Gasteiger partial charge on any atom is 0.253 e. The first kappa shape index (κ1) is 26.1. The highest BCUT2D eigenvalue weighted by Crippen LogP contribution is 2.23. The summed E-state index contributed by atoms with van der Waals surface area (Å²) in [5, 5.41) is 2.67. The van der Waals surface area contributed by atoms with Gasteiger partial charge in [-0.1, -0.05) is 18.1 Å². The molecule has 4 aromatic rings. The van der Waals surface area contributed by atoms with Gasteiger partial charge in [-0.05, 0) is 74.2 Å². The van der Waals surface area contributed by atoms with Crippen LogP contribution in [0.3, 0.4) is 0 Å². The molecule has 39 heavy (non-hydrogen) atoms. The van der Waals surface area contributed by atoms with Crippen molar-refractivity contribution in [3.05, 3.63) is 83.9 Å². The lowest BCUT2D eigenvalue weighted by Crippen LogP contribution is -2.54. The van der Waals surface area contributed by atoms with E-state index >= 15 is 0 Å². The summed E-state index contributed by atoms with van der Waals surface area (Å²) in [6.45, 7) is 11.3. The van der Waals surface area contributed by atoms with Crippen molar-refractivity contribution < 1.29 is 9.59 Å². The van der Waals surface area contributed by atoms with Crippen molar-refractivity contribution in [2.75, 3.05) is 31.5 Å². The number of nitrogens with zero attached hydrogens (tertiary/aromatic N) is 5. The van der Waals surface area contributed by atoms with Gasteiger partial charge >= 0.3 is 0 Å². The first-order chi connectivity index (χ1) is 18.7. The van der Waals surface area contributed by atoms with Crippen molar-refractivity contribution in [3.63, 3.8) is 0 Å². The average molecular weight is 521 g/mol. The number of nitrogens with one attached hydrogen (secondary N) is 1. The van der Waals surface area contributed by atoms with Gasteiger partial charge in [0.25, 0.3) is 5.91 Å². The molecule has 1 fully saturated rings. The number of hydrogen-bond acceptors (Lipinski definition) is 5. The van der Waals surface area contributed by atoms with E-state index in [1.54, 1.807) is 24.5 Å². The predicted molar refractivity (Wildman–Crippen MR) is 152 cm³/mol. The molecule has 4 heterocycles. The van der Waals surface area contributed by atoms with Crippen molar-refractivity contribution in [1.29, 1.82) is 0 Å². The minimum absolute atomic E-state index is 0.0792. The molecule has 1 aliphatic heterocycles. The number of amides is 2. The summed E-state index contributed by atoms with van der Waals surface area (Å²) in [5.41, 5.74) is 5.10. The van der Waals surface area contributed by atoms with Crippen LogP contribution in [-0.4, -0.2) is 67.7 Å². The topological polar surface area (TPSA) is 82.8 Å². The van der Waals surface area contributed by atoms with Crippen LogP contribution >= 0.6 is 0 Å². The van der Waals surface area contributed by atoms with Crippen LogP contribution in [0.4, 0.5) is 5.82 Å². The van der Waals surface area contributed by atoms with E-state index in [0.717, 1.165) is 54.2 Å². The number of aromatic nitrogens is 3. The third-order valence-corrected chi connectivity index (χ3v) is 6.89. The third kappa shape index (κ3) is 6.00. The molecule has 0 bridgehead atoms. The molecule has 0 atom stereocenters. The summed E-state index contributed by atoms with van der Waals surface area (Å²) < 4.78 is 1.95. The summed E-state index contributed by atoms with van der Waals surface area (Å²) in [6.07, 6.45) is 5.36. The highest BCUT2D eigenvalue weighted by atomic mass is 16.2. The minimum atomic E-state index is -0.182. The van der Waals surface area contributed by atoms with Crippen LogP contribution in [-0.2, 0) is 4.79 Å². The molecule has 1 aromatic carbocycles. The number of hydrogen-bond donors (Lipinski definition) is 1. The molecule has 0 spiro atoms. The molecule has 1 aliphatic rings. The number of imidazole rings is 1. The number of carbonyl (C=O) groups is 2. The normalized spacial score (nSPS) is 14.1. The highest BCUT2D eigenvalue weighted by molar-refractivity contribution is 5.94. The van der Waals surface area contributed by atoms with E-state index in [2.05, 4.69) is 52.8 Å². The molecule has 0 saturated carbocycles. The molecular weight excluding hydrogens is 488 g/mol. The predicted octanol–water partition coefficient (Wildman–Crippen LogP) is 4.31. The van der Waals surface area contributed by atoms with Gasteiger partial charge in [0.2, 0.25) is 5.91 Å². The van der Waals surface area contributed by atoms with Crippen LogP contribution in [0.25, 0.3) is 16.8 Å². The lowest BCUT2D eigenvalue weighted by molar-refractivity contribution is -0.114. The van der Waals surface area contributed by atoms with Gasteiger partial charge in [-0.2, -0.15) is 0 Å². The van der Waals surface area contributed by atoms with E-state index in [1.165, 1.54) is 6.92 Å². The lowest BCUT2D eigenvalue weighted by atomic mass is 10.0. The molecule has 0 aliphatic carbocycles. The van der Waals surface area contributed by atoms with Crippen molar-refractivity contribution in [3.8, 4) is 23.0 Å². The Morgan fingerprint density at radius 2 is 1.62 bits per heavy atom. The molecule has 1 N–H and O–H groups in total. The number of carbonyl (C=O) groups excluding carboxylic acids is 2. The van der Waals surface area contributed by atoms with Gasteiger partial charge in [0, 0.05) is 62.2 Å². The summed E-state index contributed by atoms with van der Waals surface area (Å²) in [7, 11) is 0. The second-order valence-corrected chi connectivity index (χ2v) is 10.7. The van der Waals surface area contributed by atoms with Gasteiger partial charge in [-0.3, -0.25) is 18.9 Å². The Labute approximate surface area is 228 Å². The molecule has 8 heteroatoms. The molecule has 5 rings (SSSR count). The molecule has 3 aromatic heterocycles. The van der Waals surface area contributed by atoms with Crippen LogP contribution in [0.2, 0.25) is 0 Å². The Balaban J connectivity index is 1.32. The first-order valence-electron chi connectivity index (χ1n) is 13.0. The van der Waals surface area contributed by atoms with E-state index in [0.29, 0.717) is 11.4 Å². The maximum absolute atomic E-state index is 13.1. The van der Waals surface area contributed by atoms with Crippen LogP contribution in [0.1, 0.15) is 49.3 Å². The lowest BCUT2D eigenvalue weighted by Gasteiger charge is -2.42. The van der Waals surface area contributed by atoms with E-state index in [9.17, 15) is 9.59 Å². The fourth-order valence-corrected chi connectivity index (χ4v) is 4.71. The number of anilines is 1. The van der Waals surface area contributed by atoms with E-state index < -0.39 is 0 Å². The zero-order chi connectivity index (χ0) is 27.6.